The minimum Gasteiger partial charge on any atom is -0.386 e. The maximum absolute atomic E-state index is 3.93. The summed E-state index contributed by atoms with van der Waals surface area (Å²) in [7, 11) is 0. The second kappa shape index (κ2) is 8.60. The van der Waals surface area contributed by atoms with Gasteiger partial charge in [-0.2, -0.15) is 0 Å². The fourth-order valence-electron chi connectivity index (χ4n) is 5.87. The van der Waals surface area contributed by atoms with Crippen molar-refractivity contribution in [2.75, 3.05) is 0 Å². The van der Waals surface area contributed by atoms with E-state index in [0.717, 1.165) is 23.8 Å². The molecule has 0 spiro atoms. The first kappa shape index (κ1) is 17.4. The predicted molar refractivity (Wildman–Crippen MR) is 107 cm³/mol. The van der Waals surface area contributed by atoms with Crippen LogP contribution in [-0.2, 0) is 0 Å². The summed E-state index contributed by atoms with van der Waals surface area (Å²) in [5.41, 5.74) is 3.26. The molecule has 2 fully saturated rings. The standard InChI is InChI=1S/C24H37N/c1-3-7-19(8-4-1)21-11-15-23(16-12-21)25-24-17-13-22(14-18-24)20-9-5-2-6-10-20/h1,3,7,15,20-22,24-25H,2,4-6,8-14,16-18H2. The van der Waals surface area contributed by atoms with E-state index in [0.29, 0.717) is 0 Å². The summed E-state index contributed by atoms with van der Waals surface area (Å²) in [6.45, 7) is 0. The highest BCUT2D eigenvalue weighted by Gasteiger charge is 2.29. The molecule has 138 valence electrons. The van der Waals surface area contributed by atoms with Gasteiger partial charge in [-0.15, -0.1) is 0 Å². The second-order valence-electron chi connectivity index (χ2n) is 9.06. The second-order valence-corrected chi connectivity index (χ2v) is 9.06. The fourth-order valence-corrected chi connectivity index (χ4v) is 5.87. The lowest BCUT2D eigenvalue weighted by atomic mass is 9.72. The lowest BCUT2D eigenvalue weighted by Crippen LogP contribution is -2.35. The van der Waals surface area contributed by atoms with Crippen molar-refractivity contribution in [3.8, 4) is 0 Å². The van der Waals surface area contributed by atoms with Crippen LogP contribution in [0.3, 0.4) is 0 Å². The molecule has 0 amide bonds. The van der Waals surface area contributed by atoms with Crippen LogP contribution < -0.4 is 5.32 Å². The molecule has 0 bridgehead atoms. The summed E-state index contributed by atoms with van der Waals surface area (Å²) >= 11 is 0. The van der Waals surface area contributed by atoms with Gasteiger partial charge < -0.3 is 5.32 Å². The van der Waals surface area contributed by atoms with E-state index < -0.39 is 0 Å². The molecule has 0 aromatic rings. The summed E-state index contributed by atoms with van der Waals surface area (Å²) in [5.74, 6) is 2.94. The average Bonchev–Trinajstić information content (AvgIpc) is 2.71. The summed E-state index contributed by atoms with van der Waals surface area (Å²) in [6.07, 6.45) is 29.3. The van der Waals surface area contributed by atoms with Gasteiger partial charge >= 0.3 is 0 Å². The average molecular weight is 340 g/mol. The summed E-state index contributed by atoms with van der Waals surface area (Å²) < 4.78 is 0. The molecule has 1 unspecified atom stereocenters. The maximum atomic E-state index is 3.93. The van der Waals surface area contributed by atoms with Gasteiger partial charge in [0, 0.05) is 11.7 Å². The highest BCUT2D eigenvalue weighted by Crippen LogP contribution is 2.39. The highest BCUT2D eigenvalue weighted by molar-refractivity contribution is 5.22. The van der Waals surface area contributed by atoms with Crippen LogP contribution in [0, 0.1) is 17.8 Å². The minimum atomic E-state index is 0.763. The van der Waals surface area contributed by atoms with Crippen molar-refractivity contribution >= 4 is 0 Å². The van der Waals surface area contributed by atoms with Gasteiger partial charge in [0.25, 0.3) is 0 Å². The Morgan fingerprint density at radius 2 is 1.60 bits per heavy atom. The van der Waals surface area contributed by atoms with Crippen molar-refractivity contribution in [1.29, 1.82) is 0 Å². The SMILES string of the molecule is C1=CCCC(C2CC=C(NC3CCC(C4CCCCC4)CC3)CC2)=C1. The predicted octanol–water partition coefficient (Wildman–Crippen LogP) is 6.68. The van der Waals surface area contributed by atoms with Gasteiger partial charge in [0.15, 0.2) is 0 Å². The molecule has 1 nitrogen and oxygen atoms in total. The van der Waals surface area contributed by atoms with Gasteiger partial charge in [-0.3, -0.25) is 0 Å². The third kappa shape index (κ3) is 4.60. The van der Waals surface area contributed by atoms with Crippen LogP contribution in [0.1, 0.15) is 89.9 Å². The molecule has 0 aliphatic heterocycles. The van der Waals surface area contributed by atoms with E-state index in [9.17, 15) is 0 Å². The van der Waals surface area contributed by atoms with Crippen molar-refractivity contribution in [2.45, 2.75) is 95.9 Å². The summed E-state index contributed by atoms with van der Waals surface area (Å²) in [4.78, 5) is 0. The Labute approximate surface area is 155 Å². The maximum Gasteiger partial charge on any atom is 0.0258 e. The Balaban J connectivity index is 1.22. The Bertz CT molecular complexity index is 512. The lowest BCUT2D eigenvalue weighted by molar-refractivity contribution is 0.179. The van der Waals surface area contributed by atoms with Crippen LogP contribution in [0.25, 0.3) is 0 Å². The summed E-state index contributed by atoms with van der Waals surface area (Å²) in [6, 6.07) is 0.763. The number of rotatable bonds is 4. The first-order valence-electron chi connectivity index (χ1n) is 11.2. The first-order valence-corrected chi connectivity index (χ1v) is 11.2. The fraction of sp³-hybridized carbons (Fsp3) is 0.750. The third-order valence-electron chi connectivity index (χ3n) is 7.46. The first-order chi connectivity index (χ1) is 12.4. The number of allylic oxidation sites excluding steroid dienone is 6. The van der Waals surface area contributed by atoms with Gasteiger partial charge in [-0.25, -0.2) is 0 Å². The smallest absolute Gasteiger partial charge is 0.0258 e. The normalized spacial score (nSPS) is 34.3. The van der Waals surface area contributed by atoms with E-state index in [1.807, 2.05) is 0 Å². The van der Waals surface area contributed by atoms with E-state index in [-0.39, 0.29) is 0 Å². The molecule has 1 heteroatoms. The zero-order valence-electron chi connectivity index (χ0n) is 16.0. The molecule has 4 aliphatic rings. The Morgan fingerprint density at radius 3 is 2.28 bits per heavy atom. The Hall–Kier alpha value is -0.980. The van der Waals surface area contributed by atoms with Crippen LogP contribution in [0.5, 0.6) is 0 Å². The van der Waals surface area contributed by atoms with Crippen LogP contribution in [-0.4, -0.2) is 6.04 Å². The van der Waals surface area contributed by atoms with Gasteiger partial charge in [-0.1, -0.05) is 62.0 Å². The highest BCUT2D eigenvalue weighted by atomic mass is 14.9. The van der Waals surface area contributed by atoms with Crippen LogP contribution in [0.15, 0.2) is 35.6 Å². The van der Waals surface area contributed by atoms with Crippen molar-refractivity contribution in [2.24, 2.45) is 17.8 Å². The van der Waals surface area contributed by atoms with E-state index in [1.165, 1.54) is 89.9 Å². The van der Waals surface area contributed by atoms with Crippen molar-refractivity contribution < 1.29 is 0 Å². The molecule has 0 saturated heterocycles. The van der Waals surface area contributed by atoms with Gasteiger partial charge in [0.05, 0.1) is 0 Å². The van der Waals surface area contributed by atoms with Crippen molar-refractivity contribution in [3.05, 3.63) is 35.6 Å². The van der Waals surface area contributed by atoms with Gasteiger partial charge in [0.2, 0.25) is 0 Å². The number of nitrogens with one attached hydrogen (secondary N) is 1. The van der Waals surface area contributed by atoms with Crippen molar-refractivity contribution in [3.63, 3.8) is 0 Å². The van der Waals surface area contributed by atoms with Crippen LogP contribution >= 0.6 is 0 Å². The number of hydrogen-bond acceptors (Lipinski definition) is 1. The number of hydrogen-bond donors (Lipinski definition) is 1. The molecule has 0 aromatic carbocycles. The molecule has 2 saturated carbocycles. The largest absolute Gasteiger partial charge is 0.386 e. The topological polar surface area (TPSA) is 12.0 Å². The third-order valence-corrected chi connectivity index (χ3v) is 7.46. The molecular formula is C24H37N. The van der Waals surface area contributed by atoms with E-state index in [2.05, 4.69) is 29.6 Å². The molecule has 0 radical (unpaired) electrons. The van der Waals surface area contributed by atoms with Gasteiger partial charge in [-0.05, 0) is 75.5 Å². The molecule has 25 heavy (non-hydrogen) atoms. The molecule has 0 aromatic heterocycles. The monoisotopic (exact) mass is 339 g/mol. The van der Waals surface area contributed by atoms with Crippen molar-refractivity contribution in [1.82, 2.24) is 5.32 Å². The Morgan fingerprint density at radius 1 is 0.800 bits per heavy atom. The quantitative estimate of drug-likeness (QED) is 0.602. The molecule has 0 heterocycles. The molecular weight excluding hydrogens is 302 g/mol. The van der Waals surface area contributed by atoms with E-state index in [1.54, 1.807) is 11.3 Å². The molecule has 1 atom stereocenters. The minimum absolute atomic E-state index is 0.763. The van der Waals surface area contributed by atoms with Crippen LogP contribution in [0.4, 0.5) is 0 Å². The molecule has 4 rings (SSSR count). The zero-order valence-corrected chi connectivity index (χ0v) is 16.0. The van der Waals surface area contributed by atoms with Gasteiger partial charge in [0.1, 0.15) is 0 Å². The summed E-state index contributed by atoms with van der Waals surface area (Å²) in [5, 5.41) is 3.93. The van der Waals surface area contributed by atoms with E-state index in [4.69, 9.17) is 0 Å². The molecule has 4 aliphatic carbocycles. The zero-order chi connectivity index (χ0) is 16.9. The van der Waals surface area contributed by atoms with Crippen LogP contribution in [0.2, 0.25) is 0 Å². The lowest BCUT2D eigenvalue weighted by Gasteiger charge is -2.37. The van der Waals surface area contributed by atoms with E-state index >= 15 is 0 Å². The molecule has 1 N–H and O–H groups in total. The Kier molecular flexibility index (Phi) is 6.00.